The molecule has 3 nitrogen and oxygen atoms in total. The molecule has 1 aromatic carbocycles. The molecule has 0 radical (unpaired) electrons. The van der Waals surface area contributed by atoms with Crippen LogP contribution in [0.5, 0.6) is 5.75 Å². The van der Waals surface area contributed by atoms with Crippen molar-refractivity contribution < 1.29 is 4.74 Å². The van der Waals surface area contributed by atoms with Gasteiger partial charge in [-0.3, -0.25) is 5.41 Å². The molecule has 0 amide bonds. The van der Waals surface area contributed by atoms with Crippen LogP contribution >= 0.6 is 11.6 Å². The Labute approximate surface area is 116 Å². The topological polar surface area (TPSA) is 45.4 Å². The molecule has 1 aliphatic carbocycles. The van der Waals surface area contributed by atoms with Gasteiger partial charge in [-0.05, 0) is 13.0 Å². The van der Waals surface area contributed by atoms with Crippen LogP contribution in [0.1, 0.15) is 24.5 Å². The molecular formula is C15H13ClN2O. The van der Waals surface area contributed by atoms with Crippen LogP contribution in [0, 0.1) is 5.41 Å². The Morgan fingerprint density at radius 2 is 2.32 bits per heavy atom. The van der Waals surface area contributed by atoms with E-state index in [1.807, 2.05) is 18.2 Å². The molecule has 0 aromatic heterocycles. The van der Waals surface area contributed by atoms with E-state index in [4.69, 9.17) is 21.7 Å². The van der Waals surface area contributed by atoms with E-state index in [0.717, 1.165) is 17.7 Å². The van der Waals surface area contributed by atoms with E-state index in [1.165, 1.54) is 5.57 Å². The van der Waals surface area contributed by atoms with Crippen LogP contribution in [-0.4, -0.2) is 17.1 Å². The third-order valence-corrected chi connectivity index (χ3v) is 3.29. The van der Waals surface area contributed by atoms with E-state index < -0.39 is 0 Å². The Kier molecular flexibility index (Phi) is 2.99. The number of fused-ring (bicyclic) bond motifs is 3. The summed E-state index contributed by atoms with van der Waals surface area (Å²) in [5.74, 6) is 0.977. The highest BCUT2D eigenvalue weighted by atomic mass is 35.5. The van der Waals surface area contributed by atoms with Crippen LogP contribution in [0.4, 0.5) is 0 Å². The summed E-state index contributed by atoms with van der Waals surface area (Å²) >= 11 is 5.70. The lowest BCUT2D eigenvalue weighted by molar-refractivity contribution is 0.279. The van der Waals surface area contributed by atoms with Gasteiger partial charge in [0.15, 0.2) is 5.84 Å². The monoisotopic (exact) mass is 272 g/mol. The number of ether oxygens (including phenoxy) is 1. The van der Waals surface area contributed by atoms with Crippen LogP contribution in [0.15, 0.2) is 41.4 Å². The van der Waals surface area contributed by atoms with E-state index in [1.54, 1.807) is 6.92 Å². The standard InChI is InChI=1S/C15H13ClN2O/c1-9(16)18-15(17)10-6-7-12-11-4-2-3-5-13(11)19-14(12)8-10/h2-4,6-8,13,17H,5H2,1H3. The Hall–Kier alpha value is -1.87. The number of benzene rings is 1. The van der Waals surface area contributed by atoms with Crippen LogP contribution < -0.4 is 4.74 Å². The van der Waals surface area contributed by atoms with Crippen LogP contribution in [-0.2, 0) is 0 Å². The van der Waals surface area contributed by atoms with Crippen molar-refractivity contribution in [1.29, 1.82) is 5.41 Å². The largest absolute Gasteiger partial charge is 0.485 e. The summed E-state index contributed by atoms with van der Waals surface area (Å²) in [7, 11) is 0. The molecule has 0 saturated carbocycles. The van der Waals surface area contributed by atoms with Gasteiger partial charge in [0, 0.05) is 23.1 Å². The number of hydrogen-bond acceptors (Lipinski definition) is 2. The molecule has 0 saturated heterocycles. The van der Waals surface area contributed by atoms with Gasteiger partial charge in [0.2, 0.25) is 0 Å². The van der Waals surface area contributed by atoms with E-state index in [0.29, 0.717) is 10.7 Å². The molecule has 96 valence electrons. The first kappa shape index (κ1) is 12.2. The maximum Gasteiger partial charge on any atom is 0.153 e. The van der Waals surface area contributed by atoms with Crippen molar-refractivity contribution in [3.05, 3.63) is 47.6 Å². The van der Waals surface area contributed by atoms with E-state index in [-0.39, 0.29) is 11.9 Å². The molecule has 1 atom stereocenters. The van der Waals surface area contributed by atoms with Crippen molar-refractivity contribution in [3.63, 3.8) is 0 Å². The quantitative estimate of drug-likeness (QED) is 0.614. The fraction of sp³-hybridized carbons (Fsp3) is 0.200. The molecule has 3 rings (SSSR count). The summed E-state index contributed by atoms with van der Waals surface area (Å²) < 4.78 is 5.91. The predicted molar refractivity (Wildman–Crippen MR) is 78.4 cm³/mol. The second-order valence-electron chi connectivity index (χ2n) is 4.56. The van der Waals surface area contributed by atoms with Crippen LogP contribution in [0.25, 0.3) is 5.57 Å². The number of hydrogen-bond donors (Lipinski definition) is 1. The van der Waals surface area contributed by atoms with Gasteiger partial charge in [0.1, 0.15) is 17.0 Å². The van der Waals surface area contributed by atoms with Crippen LogP contribution in [0.2, 0.25) is 0 Å². The Bertz CT molecular complexity index is 640. The molecule has 1 heterocycles. The molecule has 1 aliphatic heterocycles. The summed E-state index contributed by atoms with van der Waals surface area (Å²) in [5.41, 5.74) is 3.04. The lowest BCUT2D eigenvalue weighted by atomic mass is 9.96. The maximum atomic E-state index is 7.87. The first-order valence-corrected chi connectivity index (χ1v) is 6.50. The summed E-state index contributed by atoms with van der Waals surface area (Å²) in [6.45, 7) is 1.66. The summed E-state index contributed by atoms with van der Waals surface area (Å²) in [6.07, 6.45) is 7.26. The van der Waals surface area contributed by atoms with Gasteiger partial charge in [-0.2, -0.15) is 0 Å². The Morgan fingerprint density at radius 3 is 3.11 bits per heavy atom. The molecule has 0 spiro atoms. The minimum atomic E-state index is 0.114. The van der Waals surface area contributed by atoms with Crippen molar-refractivity contribution >= 4 is 28.2 Å². The smallest absolute Gasteiger partial charge is 0.153 e. The highest BCUT2D eigenvalue weighted by Crippen LogP contribution is 2.40. The summed E-state index contributed by atoms with van der Waals surface area (Å²) in [4.78, 5) is 3.95. The van der Waals surface area contributed by atoms with Crippen molar-refractivity contribution in [2.75, 3.05) is 0 Å². The third kappa shape index (κ3) is 2.22. The number of rotatable bonds is 1. The van der Waals surface area contributed by atoms with Crippen molar-refractivity contribution in [3.8, 4) is 5.75 Å². The minimum Gasteiger partial charge on any atom is -0.485 e. The van der Waals surface area contributed by atoms with Crippen molar-refractivity contribution in [2.24, 2.45) is 4.99 Å². The molecule has 19 heavy (non-hydrogen) atoms. The minimum absolute atomic E-state index is 0.114. The van der Waals surface area contributed by atoms with E-state index in [9.17, 15) is 0 Å². The highest BCUT2D eigenvalue weighted by molar-refractivity contribution is 6.65. The number of allylic oxidation sites excluding steroid dienone is 2. The molecule has 0 fully saturated rings. The Balaban J connectivity index is 1.97. The first-order chi connectivity index (χ1) is 9.15. The molecule has 1 N–H and O–H groups in total. The second-order valence-corrected chi connectivity index (χ2v) is 5.11. The van der Waals surface area contributed by atoms with Gasteiger partial charge in [0.05, 0.1) is 0 Å². The van der Waals surface area contributed by atoms with Crippen molar-refractivity contribution in [1.82, 2.24) is 0 Å². The zero-order valence-electron chi connectivity index (χ0n) is 10.5. The fourth-order valence-corrected chi connectivity index (χ4v) is 2.44. The number of nitrogens with zero attached hydrogens (tertiary/aromatic N) is 1. The first-order valence-electron chi connectivity index (χ1n) is 6.12. The normalized spacial score (nSPS) is 20.4. The fourth-order valence-electron chi connectivity index (χ4n) is 2.36. The molecular weight excluding hydrogens is 260 g/mol. The molecule has 1 aromatic rings. The van der Waals surface area contributed by atoms with Gasteiger partial charge >= 0.3 is 0 Å². The van der Waals surface area contributed by atoms with Crippen molar-refractivity contribution in [2.45, 2.75) is 19.4 Å². The summed E-state index contributed by atoms with van der Waals surface area (Å²) in [5, 5.41) is 8.22. The lowest BCUT2D eigenvalue weighted by Crippen LogP contribution is -2.12. The maximum absolute atomic E-state index is 7.87. The molecule has 1 unspecified atom stereocenters. The highest BCUT2D eigenvalue weighted by Gasteiger charge is 2.28. The van der Waals surface area contributed by atoms with Gasteiger partial charge in [-0.1, -0.05) is 42.0 Å². The molecule has 2 aliphatic rings. The second kappa shape index (κ2) is 4.67. The molecule has 0 bridgehead atoms. The van der Waals surface area contributed by atoms with Crippen LogP contribution in [0.3, 0.4) is 0 Å². The summed E-state index contributed by atoms with van der Waals surface area (Å²) in [6, 6.07) is 5.73. The number of amidine groups is 1. The zero-order chi connectivity index (χ0) is 13.4. The average Bonchev–Trinajstić information content (AvgIpc) is 2.75. The SMILES string of the molecule is CC(Cl)=NC(=N)c1ccc2c(c1)OC1CC=CC=C21. The Morgan fingerprint density at radius 1 is 1.47 bits per heavy atom. The lowest BCUT2D eigenvalue weighted by Gasteiger charge is -2.12. The average molecular weight is 273 g/mol. The number of halogens is 1. The van der Waals surface area contributed by atoms with Gasteiger partial charge in [-0.15, -0.1) is 0 Å². The number of nitrogens with one attached hydrogen (secondary N) is 1. The zero-order valence-corrected chi connectivity index (χ0v) is 11.2. The number of aliphatic imine (C=N–C) groups is 1. The van der Waals surface area contributed by atoms with Gasteiger partial charge in [0.25, 0.3) is 0 Å². The van der Waals surface area contributed by atoms with E-state index >= 15 is 0 Å². The third-order valence-electron chi connectivity index (χ3n) is 3.21. The predicted octanol–water partition coefficient (Wildman–Crippen LogP) is 3.77. The van der Waals surface area contributed by atoms with Gasteiger partial charge in [-0.25, -0.2) is 4.99 Å². The van der Waals surface area contributed by atoms with E-state index in [2.05, 4.69) is 23.2 Å². The molecule has 4 heteroatoms. The van der Waals surface area contributed by atoms with Gasteiger partial charge < -0.3 is 4.74 Å².